The standard InChI is InChI=1S/C16H21N3O/c1-11(2)14-6-5-12(3)15(7-14)20-16-18-9-13(8-17-4)10-19-16/h5-7,9-11,17H,8H2,1-4H3. The van der Waals surface area contributed by atoms with Gasteiger partial charge in [0.2, 0.25) is 0 Å². The molecule has 106 valence electrons. The molecule has 1 heterocycles. The first-order valence-electron chi connectivity index (χ1n) is 6.84. The molecule has 0 amide bonds. The highest BCUT2D eigenvalue weighted by Gasteiger charge is 2.07. The summed E-state index contributed by atoms with van der Waals surface area (Å²) in [6.07, 6.45) is 3.56. The minimum Gasteiger partial charge on any atom is -0.424 e. The number of hydrogen-bond donors (Lipinski definition) is 1. The molecule has 0 unspecified atom stereocenters. The first kappa shape index (κ1) is 14.5. The Balaban J connectivity index is 2.18. The fraction of sp³-hybridized carbons (Fsp3) is 0.375. The number of hydrogen-bond acceptors (Lipinski definition) is 4. The average Bonchev–Trinajstić information content (AvgIpc) is 2.43. The first-order valence-corrected chi connectivity index (χ1v) is 6.84. The molecule has 2 aromatic rings. The van der Waals surface area contributed by atoms with Crippen LogP contribution in [0.5, 0.6) is 11.8 Å². The van der Waals surface area contributed by atoms with Crippen molar-refractivity contribution in [1.82, 2.24) is 15.3 Å². The third kappa shape index (κ3) is 3.54. The van der Waals surface area contributed by atoms with Crippen LogP contribution in [-0.2, 0) is 6.54 Å². The summed E-state index contributed by atoms with van der Waals surface area (Å²) < 4.78 is 5.79. The monoisotopic (exact) mass is 271 g/mol. The molecule has 4 nitrogen and oxygen atoms in total. The van der Waals surface area contributed by atoms with Crippen molar-refractivity contribution in [2.24, 2.45) is 0 Å². The molecule has 0 bridgehead atoms. The van der Waals surface area contributed by atoms with Gasteiger partial charge in [0.15, 0.2) is 0 Å². The summed E-state index contributed by atoms with van der Waals surface area (Å²) in [5.41, 5.74) is 3.36. The normalized spacial score (nSPS) is 10.8. The van der Waals surface area contributed by atoms with E-state index >= 15 is 0 Å². The Morgan fingerprint density at radius 2 is 1.90 bits per heavy atom. The zero-order valence-electron chi connectivity index (χ0n) is 12.5. The average molecular weight is 271 g/mol. The molecule has 1 aromatic heterocycles. The lowest BCUT2D eigenvalue weighted by Gasteiger charge is -2.11. The molecule has 0 aliphatic rings. The zero-order valence-corrected chi connectivity index (χ0v) is 12.5. The molecule has 0 atom stereocenters. The summed E-state index contributed by atoms with van der Waals surface area (Å²) in [7, 11) is 1.89. The molecule has 1 aromatic carbocycles. The van der Waals surface area contributed by atoms with Gasteiger partial charge in [0.05, 0.1) is 0 Å². The number of aryl methyl sites for hydroxylation is 1. The highest BCUT2D eigenvalue weighted by Crippen LogP contribution is 2.27. The van der Waals surface area contributed by atoms with Crippen LogP contribution in [0, 0.1) is 6.92 Å². The summed E-state index contributed by atoms with van der Waals surface area (Å²) >= 11 is 0. The van der Waals surface area contributed by atoms with E-state index in [0.29, 0.717) is 11.9 Å². The first-order chi connectivity index (χ1) is 9.60. The summed E-state index contributed by atoms with van der Waals surface area (Å²) in [5, 5.41) is 3.06. The van der Waals surface area contributed by atoms with Gasteiger partial charge in [-0.3, -0.25) is 0 Å². The van der Waals surface area contributed by atoms with Crippen LogP contribution in [0.1, 0.15) is 36.5 Å². The molecule has 0 aliphatic carbocycles. The Kier molecular flexibility index (Phi) is 4.69. The van der Waals surface area contributed by atoms with Gasteiger partial charge in [0, 0.05) is 24.5 Å². The van der Waals surface area contributed by atoms with Crippen LogP contribution >= 0.6 is 0 Å². The van der Waals surface area contributed by atoms with E-state index < -0.39 is 0 Å². The number of nitrogens with one attached hydrogen (secondary N) is 1. The van der Waals surface area contributed by atoms with E-state index in [-0.39, 0.29) is 0 Å². The lowest BCUT2D eigenvalue weighted by molar-refractivity contribution is 0.437. The van der Waals surface area contributed by atoms with Gasteiger partial charge < -0.3 is 10.1 Å². The van der Waals surface area contributed by atoms with Gasteiger partial charge in [-0.25, -0.2) is 9.97 Å². The van der Waals surface area contributed by atoms with Crippen molar-refractivity contribution >= 4 is 0 Å². The maximum absolute atomic E-state index is 5.79. The molecule has 0 spiro atoms. The van der Waals surface area contributed by atoms with Crippen molar-refractivity contribution in [2.45, 2.75) is 33.2 Å². The largest absolute Gasteiger partial charge is 0.424 e. The highest BCUT2D eigenvalue weighted by atomic mass is 16.5. The minimum absolute atomic E-state index is 0.383. The van der Waals surface area contributed by atoms with Crippen LogP contribution < -0.4 is 10.1 Å². The zero-order chi connectivity index (χ0) is 14.5. The van der Waals surface area contributed by atoms with Gasteiger partial charge in [-0.05, 0) is 37.1 Å². The molecule has 0 aliphatic heterocycles. The van der Waals surface area contributed by atoms with E-state index in [9.17, 15) is 0 Å². The van der Waals surface area contributed by atoms with E-state index in [1.54, 1.807) is 12.4 Å². The van der Waals surface area contributed by atoms with Crippen molar-refractivity contribution in [2.75, 3.05) is 7.05 Å². The maximum atomic E-state index is 5.79. The molecule has 0 saturated heterocycles. The molecular formula is C16H21N3O. The Morgan fingerprint density at radius 3 is 2.50 bits per heavy atom. The summed E-state index contributed by atoms with van der Waals surface area (Å²) in [6, 6.07) is 6.64. The van der Waals surface area contributed by atoms with Crippen LogP contribution in [0.25, 0.3) is 0 Å². The van der Waals surface area contributed by atoms with Gasteiger partial charge in [-0.15, -0.1) is 0 Å². The van der Waals surface area contributed by atoms with E-state index in [1.807, 2.05) is 14.0 Å². The summed E-state index contributed by atoms with van der Waals surface area (Å²) in [5.74, 6) is 1.29. The SMILES string of the molecule is CNCc1cnc(Oc2cc(C(C)C)ccc2C)nc1. The Labute approximate surface area is 120 Å². The van der Waals surface area contributed by atoms with Gasteiger partial charge in [-0.2, -0.15) is 0 Å². The van der Waals surface area contributed by atoms with E-state index in [2.05, 4.69) is 47.3 Å². The molecular weight excluding hydrogens is 250 g/mol. The van der Waals surface area contributed by atoms with Crippen molar-refractivity contribution < 1.29 is 4.74 Å². The Morgan fingerprint density at radius 1 is 1.20 bits per heavy atom. The molecule has 1 N–H and O–H groups in total. The molecule has 2 rings (SSSR count). The number of ether oxygens (including phenoxy) is 1. The number of aromatic nitrogens is 2. The maximum Gasteiger partial charge on any atom is 0.321 e. The number of nitrogens with zero attached hydrogens (tertiary/aromatic N) is 2. The topological polar surface area (TPSA) is 47.0 Å². The lowest BCUT2D eigenvalue weighted by Crippen LogP contribution is -2.06. The van der Waals surface area contributed by atoms with Crippen molar-refractivity contribution in [1.29, 1.82) is 0 Å². The Hall–Kier alpha value is -1.94. The number of rotatable bonds is 5. The van der Waals surface area contributed by atoms with Crippen molar-refractivity contribution in [3.8, 4) is 11.8 Å². The van der Waals surface area contributed by atoms with Gasteiger partial charge in [0.25, 0.3) is 0 Å². The molecule has 20 heavy (non-hydrogen) atoms. The third-order valence-electron chi connectivity index (χ3n) is 3.14. The fourth-order valence-electron chi connectivity index (χ4n) is 1.88. The second kappa shape index (κ2) is 6.48. The van der Waals surface area contributed by atoms with Crippen molar-refractivity contribution in [3.05, 3.63) is 47.3 Å². The lowest BCUT2D eigenvalue weighted by atomic mass is 10.0. The molecule has 0 radical (unpaired) electrons. The molecule has 4 heteroatoms. The van der Waals surface area contributed by atoms with Gasteiger partial charge >= 0.3 is 6.01 Å². The number of benzene rings is 1. The minimum atomic E-state index is 0.383. The van der Waals surface area contributed by atoms with E-state index in [4.69, 9.17) is 4.74 Å². The van der Waals surface area contributed by atoms with Crippen molar-refractivity contribution in [3.63, 3.8) is 0 Å². The summed E-state index contributed by atoms with van der Waals surface area (Å²) in [4.78, 5) is 8.47. The van der Waals surface area contributed by atoms with E-state index in [1.165, 1.54) is 5.56 Å². The second-order valence-corrected chi connectivity index (χ2v) is 5.19. The predicted molar refractivity (Wildman–Crippen MR) is 80.1 cm³/mol. The van der Waals surface area contributed by atoms with Crippen LogP contribution in [-0.4, -0.2) is 17.0 Å². The smallest absolute Gasteiger partial charge is 0.321 e. The van der Waals surface area contributed by atoms with Crippen LogP contribution in [0.15, 0.2) is 30.6 Å². The summed E-state index contributed by atoms with van der Waals surface area (Å²) in [6.45, 7) is 7.10. The predicted octanol–water partition coefficient (Wildman–Crippen LogP) is 3.42. The van der Waals surface area contributed by atoms with Gasteiger partial charge in [-0.1, -0.05) is 26.0 Å². The van der Waals surface area contributed by atoms with E-state index in [0.717, 1.165) is 23.4 Å². The molecule has 0 saturated carbocycles. The van der Waals surface area contributed by atoms with Gasteiger partial charge in [0.1, 0.15) is 5.75 Å². The highest BCUT2D eigenvalue weighted by molar-refractivity contribution is 5.39. The fourth-order valence-corrected chi connectivity index (χ4v) is 1.88. The Bertz CT molecular complexity index is 564. The third-order valence-corrected chi connectivity index (χ3v) is 3.14. The van der Waals surface area contributed by atoms with Crippen LogP contribution in [0.2, 0.25) is 0 Å². The van der Waals surface area contributed by atoms with Crippen LogP contribution in [0.4, 0.5) is 0 Å². The second-order valence-electron chi connectivity index (χ2n) is 5.19. The molecule has 0 fully saturated rings. The van der Waals surface area contributed by atoms with Crippen LogP contribution in [0.3, 0.4) is 0 Å². The quantitative estimate of drug-likeness (QED) is 0.905.